The molecule has 0 saturated heterocycles. The summed E-state index contributed by atoms with van der Waals surface area (Å²) in [6.07, 6.45) is 2.96. The van der Waals surface area contributed by atoms with Gasteiger partial charge in [0.2, 0.25) is 0 Å². The summed E-state index contributed by atoms with van der Waals surface area (Å²) < 4.78 is 6.05. The van der Waals surface area contributed by atoms with Crippen LogP contribution in [0, 0.1) is 0 Å². The van der Waals surface area contributed by atoms with E-state index in [0.29, 0.717) is 17.9 Å². The van der Waals surface area contributed by atoms with E-state index >= 15 is 0 Å². The Bertz CT molecular complexity index is 687. The molecular formula is C21H26N2O2. The number of nitrogens with zero attached hydrogens (tertiary/aromatic N) is 1. The standard InChI is InChI=1S/C21H26N2O2/c1-23-14-8-7-13-22-18(15-17-9-3-2-4-10-17)16-25-20-12-6-5-11-19(20)21(23)24/h2-6,9-12,18,22H,7-8,13-16H2,1H3/t18-/m0/s1. The number of carbonyl (C=O) groups is 1. The zero-order chi connectivity index (χ0) is 17.5. The molecule has 4 nitrogen and oxygen atoms in total. The average Bonchev–Trinajstić information content (AvgIpc) is 2.65. The van der Waals surface area contributed by atoms with E-state index in [9.17, 15) is 4.79 Å². The van der Waals surface area contributed by atoms with Gasteiger partial charge in [-0.2, -0.15) is 0 Å². The van der Waals surface area contributed by atoms with Crippen LogP contribution in [0.2, 0.25) is 0 Å². The van der Waals surface area contributed by atoms with Crippen LogP contribution in [0.15, 0.2) is 54.6 Å². The topological polar surface area (TPSA) is 41.6 Å². The minimum absolute atomic E-state index is 0.0312. The molecule has 1 heterocycles. The molecule has 1 aliphatic heterocycles. The SMILES string of the molecule is CN1CCCCN[C@@H](Cc2ccccc2)COc2ccccc2C1=O. The summed E-state index contributed by atoms with van der Waals surface area (Å²) in [4.78, 5) is 14.4. The van der Waals surface area contributed by atoms with Gasteiger partial charge in [-0.3, -0.25) is 4.79 Å². The van der Waals surface area contributed by atoms with Crippen molar-refractivity contribution >= 4 is 5.91 Å². The number of hydrogen-bond acceptors (Lipinski definition) is 3. The Kier molecular flexibility index (Phi) is 6.07. The maximum Gasteiger partial charge on any atom is 0.257 e. The summed E-state index contributed by atoms with van der Waals surface area (Å²) >= 11 is 0. The van der Waals surface area contributed by atoms with E-state index in [1.54, 1.807) is 4.90 Å². The quantitative estimate of drug-likeness (QED) is 0.915. The monoisotopic (exact) mass is 338 g/mol. The summed E-state index contributed by atoms with van der Waals surface area (Å²) in [6.45, 7) is 2.24. The van der Waals surface area contributed by atoms with Crippen molar-refractivity contribution in [3.63, 3.8) is 0 Å². The first-order valence-electron chi connectivity index (χ1n) is 8.98. The van der Waals surface area contributed by atoms with Crippen molar-refractivity contribution < 1.29 is 9.53 Å². The fraction of sp³-hybridized carbons (Fsp3) is 0.381. The summed E-state index contributed by atoms with van der Waals surface area (Å²) in [5.41, 5.74) is 1.93. The molecule has 0 saturated carbocycles. The van der Waals surface area contributed by atoms with Gasteiger partial charge in [-0.15, -0.1) is 0 Å². The van der Waals surface area contributed by atoms with Crippen LogP contribution >= 0.6 is 0 Å². The third-order valence-electron chi connectivity index (χ3n) is 4.58. The fourth-order valence-corrected chi connectivity index (χ4v) is 3.14. The first-order chi connectivity index (χ1) is 12.2. The van der Waals surface area contributed by atoms with Gasteiger partial charge in [0.05, 0.1) is 5.56 Å². The molecule has 4 heteroatoms. The number of hydrogen-bond donors (Lipinski definition) is 1. The molecule has 0 unspecified atom stereocenters. The van der Waals surface area contributed by atoms with Gasteiger partial charge in [0.25, 0.3) is 5.91 Å². The lowest BCUT2D eigenvalue weighted by molar-refractivity contribution is 0.0786. The predicted molar refractivity (Wildman–Crippen MR) is 100 cm³/mol. The Morgan fingerprint density at radius 3 is 2.68 bits per heavy atom. The summed E-state index contributed by atoms with van der Waals surface area (Å²) in [5.74, 6) is 0.698. The van der Waals surface area contributed by atoms with Crippen LogP contribution in [0.25, 0.3) is 0 Å². The van der Waals surface area contributed by atoms with Gasteiger partial charge in [0.15, 0.2) is 0 Å². The van der Waals surface area contributed by atoms with Crippen LogP contribution in [0.5, 0.6) is 5.75 Å². The van der Waals surface area contributed by atoms with Gasteiger partial charge in [0.1, 0.15) is 12.4 Å². The molecule has 1 amide bonds. The molecule has 2 aromatic rings. The number of rotatable bonds is 2. The normalized spacial score (nSPS) is 19.3. The molecule has 1 atom stereocenters. The van der Waals surface area contributed by atoms with Gasteiger partial charge in [-0.25, -0.2) is 0 Å². The van der Waals surface area contributed by atoms with E-state index in [4.69, 9.17) is 4.74 Å². The third kappa shape index (κ3) is 4.83. The van der Waals surface area contributed by atoms with Gasteiger partial charge in [-0.05, 0) is 43.5 Å². The fourth-order valence-electron chi connectivity index (χ4n) is 3.14. The van der Waals surface area contributed by atoms with E-state index < -0.39 is 0 Å². The van der Waals surface area contributed by atoms with Crippen molar-refractivity contribution in [2.75, 3.05) is 26.7 Å². The van der Waals surface area contributed by atoms with E-state index in [1.807, 2.05) is 37.4 Å². The molecule has 2 aromatic carbocycles. The number of carbonyl (C=O) groups excluding carboxylic acids is 1. The molecule has 0 spiro atoms. The zero-order valence-electron chi connectivity index (χ0n) is 14.8. The van der Waals surface area contributed by atoms with Crippen LogP contribution in [0.4, 0.5) is 0 Å². The van der Waals surface area contributed by atoms with Crippen molar-refractivity contribution in [2.24, 2.45) is 0 Å². The third-order valence-corrected chi connectivity index (χ3v) is 4.58. The number of fused-ring (bicyclic) bond motifs is 1. The van der Waals surface area contributed by atoms with Crippen LogP contribution in [0.3, 0.4) is 0 Å². The van der Waals surface area contributed by atoms with Gasteiger partial charge in [-0.1, -0.05) is 42.5 Å². The first kappa shape index (κ1) is 17.5. The molecule has 0 aromatic heterocycles. The highest BCUT2D eigenvalue weighted by atomic mass is 16.5. The van der Waals surface area contributed by atoms with Crippen molar-refractivity contribution in [1.29, 1.82) is 0 Å². The minimum Gasteiger partial charge on any atom is -0.491 e. The van der Waals surface area contributed by atoms with Gasteiger partial charge >= 0.3 is 0 Å². The van der Waals surface area contributed by atoms with E-state index in [0.717, 1.165) is 32.4 Å². The van der Waals surface area contributed by atoms with Crippen LogP contribution < -0.4 is 10.1 Å². The Morgan fingerprint density at radius 2 is 1.84 bits per heavy atom. The molecule has 0 radical (unpaired) electrons. The molecule has 25 heavy (non-hydrogen) atoms. The Balaban J connectivity index is 1.77. The van der Waals surface area contributed by atoms with E-state index in [2.05, 4.69) is 29.6 Å². The largest absolute Gasteiger partial charge is 0.491 e. The molecule has 132 valence electrons. The molecule has 0 aliphatic carbocycles. The van der Waals surface area contributed by atoms with E-state index in [1.165, 1.54) is 5.56 Å². The highest BCUT2D eigenvalue weighted by molar-refractivity contribution is 5.96. The first-order valence-corrected chi connectivity index (χ1v) is 8.98. The molecular weight excluding hydrogens is 312 g/mol. The van der Waals surface area contributed by atoms with Gasteiger partial charge in [0, 0.05) is 19.6 Å². The second kappa shape index (κ2) is 8.67. The summed E-state index contributed by atoms with van der Waals surface area (Å²) in [7, 11) is 1.86. The Labute approximate surface area is 149 Å². The molecule has 3 rings (SSSR count). The van der Waals surface area contributed by atoms with Crippen LogP contribution in [-0.2, 0) is 6.42 Å². The molecule has 0 fully saturated rings. The Hall–Kier alpha value is -2.33. The van der Waals surface area contributed by atoms with Crippen LogP contribution in [-0.4, -0.2) is 43.6 Å². The van der Waals surface area contributed by atoms with Crippen molar-refractivity contribution in [2.45, 2.75) is 25.3 Å². The smallest absolute Gasteiger partial charge is 0.257 e. The molecule has 1 aliphatic rings. The predicted octanol–water partition coefficient (Wildman–Crippen LogP) is 3.13. The minimum atomic E-state index is 0.0312. The molecule has 0 bridgehead atoms. The second-order valence-electron chi connectivity index (χ2n) is 6.58. The number of amides is 1. The maximum atomic E-state index is 12.7. The number of benzene rings is 2. The van der Waals surface area contributed by atoms with Crippen LogP contribution in [0.1, 0.15) is 28.8 Å². The lowest BCUT2D eigenvalue weighted by Crippen LogP contribution is -2.38. The van der Waals surface area contributed by atoms with Crippen molar-refractivity contribution in [3.05, 3.63) is 65.7 Å². The van der Waals surface area contributed by atoms with Crippen molar-refractivity contribution in [3.8, 4) is 5.75 Å². The highest BCUT2D eigenvalue weighted by Gasteiger charge is 2.18. The summed E-state index contributed by atoms with van der Waals surface area (Å²) in [5, 5.41) is 3.61. The number of ether oxygens (including phenoxy) is 1. The second-order valence-corrected chi connectivity index (χ2v) is 6.58. The lowest BCUT2D eigenvalue weighted by atomic mass is 10.1. The highest BCUT2D eigenvalue weighted by Crippen LogP contribution is 2.20. The van der Waals surface area contributed by atoms with Crippen molar-refractivity contribution in [1.82, 2.24) is 10.2 Å². The average molecular weight is 338 g/mol. The maximum absolute atomic E-state index is 12.7. The lowest BCUT2D eigenvalue weighted by Gasteiger charge is -2.24. The van der Waals surface area contributed by atoms with E-state index in [-0.39, 0.29) is 11.9 Å². The molecule has 1 N–H and O–H groups in total. The zero-order valence-corrected chi connectivity index (χ0v) is 14.8. The van der Waals surface area contributed by atoms with Gasteiger partial charge < -0.3 is 15.0 Å². The number of nitrogens with one attached hydrogen (secondary N) is 1. The summed E-state index contributed by atoms with van der Waals surface area (Å²) in [6, 6.07) is 18.2. The number of para-hydroxylation sites is 1. The Morgan fingerprint density at radius 1 is 1.08 bits per heavy atom.